The molecule has 1 rings (SSSR count). The molecule has 1 aromatic rings. The van der Waals surface area contributed by atoms with Gasteiger partial charge in [-0.3, -0.25) is 5.09 Å². The molecule has 0 unspecified atom stereocenters. The first kappa shape index (κ1) is 15.0. The summed E-state index contributed by atoms with van der Waals surface area (Å²) in [4.78, 5) is 26.4. The van der Waals surface area contributed by atoms with Crippen LogP contribution in [0.25, 0.3) is 0 Å². The van der Waals surface area contributed by atoms with E-state index in [9.17, 15) is 4.57 Å². The van der Waals surface area contributed by atoms with Crippen molar-refractivity contribution in [2.24, 2.45) is 11.1 Å². The second-order valence-electron chi connectivity index (χ2n) is 3.95. The third-order valence-corrected chi connectivity index (χ3v) is 2.89. The average molecular weight is 294 g/mol. The summed E-state index contributed by atoms with van der Waals surface area (Å²) in [5.74, 6) is 0.636. The second-order valence-corrected chi connectivity index (χ2v) is 6.01. The second kappa shape index (κ2) is 6.24. The van der Waals surface area contributed by atoms with Crippen molar-refractivity contribution in [1.29, 1.82) is 0 Å². The summed E-state index contributed by atoms with van der Waals surface area (Å²) in [6, 6.07) is 0. The molecular formula is C8H15N4O4PS. The molecular weight excluding hydrogens is 279 g/mol. The number of aromatic nitrogens is 2. The van der Waals surface area contributed by atoms with E-state index in [0.717, 1.165) is 11.5 Å². The van der Waals surface area contributed by atoms with Crippen molar-refractivity contribution in [3.63, 3.8) is 0 Å². The van der Waals surface area contributed by atoms with E-state index in [0.29, 0.717) is 18.2 Å². The lowest BCUT2D eigenvalue weighted by Gasteiger charge is -2.02. The van der Waals surface area contributed by atoms with Crippen molar-refractivity contribution >= 4 is 30.1 Å². The predicted molar refractivity (Wildman–Crippen MR) is 68.6 cm³/mol. The topological polar surface area (TPSA) is 117 Å². The third-order valence-electron chi connectivity index (χ3n) is 1.60. The first-order chi connectivity index (χ1) is 8.28. The van der Waals surface area contributed by atoms with Crippen LogP contribution < -0.4 is 5.09 Å². The minimum Gasteiger partial charge on any atom is -0.395 e. The van der Waals surface area contributed by atoms with Gasteiger partial charge in [-0.1, -0.05) is 19.0 Å². The van der Waals surface area contributed by atoms with E-state index >= 15 is 0 Å². The highest BCUT2D eigenvalue weighted by Crippen LogP contribution is 2.35. The zero-order valence-electron chi connectivity index (χ0n) is 10.2. The van der Waals surface area contributed by atoms with Crippen LogP contribution in [-0.2, 0) is 9.40 Å². The lowest BCUT2D eigenvalue weighted by Crippen LogP contribution is -2.03. The molecule has 18 heavy (non-hydrogen) atoms. The maximum atomic E-state index is 10.7. The minimum atomic E-state index is -4.35. The van der Waals surface area contributed by atoms with E-state index in [-0.39, 0.29) is 11.0 Å². The van der Waals surface area contributed by atoms with Crippen LogP contribution in [0.1, 0.15) is 26.6 Å². The Balaban J connectivity index is 2.64. The molecule has 0 fully saturated rings. The Morgan fingerprint density at radius 3 is 2.83 bits per heavy atom. The Kier molecular flexibility index (Phi) is 5.21. The van der Waals surface area contributed by atoms with Crippen molar-refractivity contribution in [3.05, 3.63) is 5.82 Å². The molecule has 0 atom stereocenters. The van der Waals surface area contributed by atoms with Gasteiger partial charge in [0.1, 0.15) is 12.3 Å². The van der Waals surface area contributed by atoms with Gasteiger partial charge in [-0.25, -0.2) is 4.57 Å². The molecule has 0 radical (unpaired) electrons. The van der Waals surface area contributed by atoms with E-state index in [1.165, 1.54) is 0 Å². The summed E-state index contributed by atoms with van der Waals surface area (Å²) in [5, 5.41) is 5.81. The molecule has 0 spiro atoms. The summed E-state index contributed by atoms with van der Waals surface area (Å²) in [6.07, 6.45) is 0. The summed E-state index contributed by atoms with van der Waals surface area (Å²) >= 11 is 0.844. The van der Waals surface area contributed by atoms with Crippen molar-refractivity contribution in [1.82, 2.24) is 9.36 Å². The van der Waals surface area contributed by atoms with E-state index in [1.54, 1.807) is 6.92 Å². The van der Waals surface area contributed by atoms with E-state index < -0.39 is 7.75 Å². The molecule has 0 bridgehead atoms. The summed E-state index contributed by atoms with van der Waals surface area (Å²) in [7, 11) is -4.35. The standard InChI is InChI=1S/C8H15N4O4PS/c1-5(2)4-16-10-6(3)7-9-8(18-12-7)11-17(13,14)15/h5H,4H2,1-3H3,(H3,9,11,12,13,14,15). The SMILES string of the molecule is CC(=NOCC(C)C)c1nsc(NP(=O)(O)O)n1. The molecule has 0 saturated heterocycles. The highest BCUT2D eigenvalue weighted by molar-refractivity contribution is 7.54. The first-order valence-corrected chi connectivity index (χ1v) is 7.51. The molecule has 1 aromatic heterocycles. The zero-order chi connectivity index (χ0) is 13.8. The Morgan fingerprint density at radius 1 is 1.61 bits per heavy atom. The van der Waals surface area contributed by atoms with E-state index in [4.69, 9.17) is 14.6 Å². The van der Waals surface area contributed by atoms with Gasteiger partial charge in [0.15, 0.2) is 5.82 Å². The monoisotopic (exact) mass is 294 g/mol. The Morgan fingerprint density at radius 2 is 2.28 bits per heavy atom. The van der Waals surface area contributed by atoms with Gasteiger partial charge >= 0.3 is 7.75 Å². The smallest absolute Gasteiger partial charge is 0.395 e. The fourth-order valence-electron chi connectivity index (χ4n) is 0.864. The van der Waals surface area contributed by atoms with Gasteiger partial charge in [-0.05, 0) is 12.8 Å². The Labute approximate surface area is 108 Å². The van der Waals surface area contributed by atoms with Crippen LogP contribution in [0.15, 0.2) is 5.16 Å². The zero-order valence-corrected chi connectivity index (χ0v) is 11.9. The highest BCUT2D eigenvalue weighted by atomic mass is 32.1. The Hall–Kier alpha value is -1.02. The number of oxime groups is 1. The molecule has 0 aromatic carbocycles. The molecule has 0 amide bonds. The average Bonchev–Trinajstić information content (AvgIpc) is 2.62. The van der Waals surface area contributed by atoms with Gasteiger partial charge in [0.05, 0.1) is 0 Å². The quantitative estimate of drug-likeness (QED) is 0.413. The Bertz CT molecular complexity index is 469. The van der Waals surface area contributed by atoms with Crippen molar-refractivity contribution < 1.29 is 19.2 Å². The molecule has 0 aliphatic rings. The predicted octanol–water partition coefficient (Wildman–Crippen LogP) is 1.44. The lowest BCUT2D eigenvalue weighted by molar-refractivity contribution is 0.118. The van der Waals surface area contributed by atoms with E-state index in [2.05, 4.69) is 14.5 Å². The van der Waals surface area contributed by atoms with Crippen molar-refractivity contribution in [2.45, 2.75) is 20.8 Å². The van der Waals surface area contributed by atoms with Crippen LogP contribution >= 0.6 is 19.3 Å². The van der Waals surface area contributed by atoms with Crippen LogP contribution in [0.3, 0.4) is 0 Å². The molecule has 0 saturated carbocycles. The van der Waals surface area contributed by atoms with Gasteiger partial charge in [-0.15, -0.1) is 0 Å². The lowest BCUT2D eigenvalue weighted by atomic mass is 10.2. The number of rotatable bonds is 6. The van der Waals surface area contributed by atoms with Gasteiger partial charge in [0, 0.05) is 11.5 Å². The van der Waals surface area contributed by atoms with Gasteiger partial charge in [0.25, 0.3) is 0 Å². The number of anilines is 1. The molecule has 3 N–H and O–H groups in total. The maximum Gasteiger partial charge on any atom is 0.429 e. The molecule has 10 heteroatoms. The normalized spacial score (nSPS) is 12.9. The summed E-state index contributed by atoms with van der Waals surface area (Å²) < 4.78 is 14.6. The number of nitrogens with one attached hydrogen (secondary N) is 1. The number of nitrogens with zero attached hydrogens (tertiary/aromatic N) is 3. The fourth-order valence-corrected chi connectivity index (χ4v) is 2.16. The van der Waals surface area contributed by atoms with Crippen LogP contribution in [0, 0.1) is 5.92 Å². The molecule has 0 aliphatic carbocycles. The van der Waals surface area contributed by atoms with E-state index in [1.807, 2.05) is 18.9 Å². The number of hydrogen-bond acceptors (Lipinski definition) is 6. The molecule has 102 valence electrons. The molecule has 1 heterocycles. The van der Waals surface area contributed by atoms with Crippen LogP contribution in [0.5, 0.6) is 0 Å². The van der Waals surface area contributed by atoms with Crippen molar-refractivity contribution in [3.8, 4) is 0 Å². The third kappa shape index (κ3) is 5.54. The number of hydrogen-bond donors (Lipinski definition) is 3. The molecule has 0 aliphatic heterocycles. The first-order valence-electron chi connectivity index (χ1n) is 5.12. The highest BCUT2D eigenvalue weighted by Gasteiger charge is 2.16. The maximum absolute atomic E-state index is 10.7. The fraction of sp³-hybridized carbons (Fsp3) is 0.625. The van der Waals surface area contributed by atoms with Gasteiger partial charge in [0.2, 0.25) is 5.13 Å². The largest absolute Gasteiger partial charge is 0.429 e. The molecule has 8 nitrogen and oxygen atoms in total. The van der Waals surface area contributed by atoms with Crippen LogP contribution in [0.4, 0.5) is 5.13 Å². The summed E-state index contributed by atoms with van der Waals surface area (Å²) in [6.45, 7) is 6.13. The van der Waals surface area contributed by atoms with Gasteiger partial charge < -0.3 is 14.6 Å². The van der Waals surface area contributed by atoms with Crippen molar-refractivity contribution in [2.75, 3.05) is 11.7 Å². The van der Waals surface area contributed by atoms with Crippen LogP contribution in [0.2, 0.25) is 0 Å². The van der Waals surface area contributed by atoms with Crippen LogP contribution in [-0.4, -0.2) is 31.5 Å². The summed E-state index contributed by atoms with van der Waals surface area (Å²) in [5.41, 5.74) is 0.450. The minimum absolute atomic E-state index is 0.0387. The van der Waals surface area contributed by atoms with Gasteiger partial charge in [-0.2, -0.15) is 9.36 Å².